The Labute approximate surface area is 166 Å². The molecule has 6 nitrogen and oxygen atoms in total. The molecule has 1 saturated heterocycles. The predicted molar refractivity (Wildman–Crippen MR) is 102 cm³/mol. The Morgan fingerprint density at radius 2 is 1.93 bits per heavy atom. The number of nitrogens with zero attached hydrogens (tertiary/aromatic N) is 2. The van der Waals surface area contributed by atoms with Crippen LogP contribution in [0.2, 0.25) is 0 Å². The number of halogens is 3. The molecule has 1 unspecified atom stereocenters. The number of anilines is 2. The highest BCUT2D eigenvalue weighted by molar-refractivity contribution is 7.92. The minimum atomic E-state index is -5.50. The van der Waals surface area contributed by atoms with Crippen LogP contribution >= 0.6 is 0 Å². The van der Waals surface area contributed by atoms with Crippen LogP contribution in [-0.2, 0) is 14.6 Å². The van der Waals surface area contributed by atoms with E-state index in [0.29, 0.717) is 25.2 Å². The molecule has 10 heteroatoms. The van der Waals surface area contributed by atoms with E-state index in [1.54, 1.807) is 25.3 Å². The van der Waals surface area contributed by atoms with Gasteiger partial charge in [-0.1, -0.05) is 18.2 Å². The van der Waals surface area contributed by atoms with E-state index < -0.39 is 26.2 Å². The molecule has 2 aromatic rings. The summed E-state index contributed by atoms with van der Waals surface area (Å²) in [6, 6.07) is 8.55. The number of hydrogen-bond acceptors (Lipinski definition) is 5. The van der Waals surface area contributed by atoms with Gasteiger partial charge in [0.2, 0.25) is 5.91 Å². The molecule has 156 valence electrons. The van der Waals surface area contributed by atoms with Gasteiger partial charge in [-0.3, -0.25) is 4.79 Å². The van der Waals surface area contributed by atoms with Crippen molar-refractivity contribution < 1.29 is 26.4 Å². The maximum absolute atomic E-state index is 13.1. The third kappa shape index (κ3) is 4.36. The van der Waals surface area contributed by atoms with E-state index in [1.165, 1.54) is 23.1 Å². The smallest absolute Gasteiger partial charge is 0.370 e. The van der Waals surface area contributed by atoms with Gasteiger partial charge in [0.1, 0.15) is 5.82 Å². The number of aryl methyl sites for hydroxylation is 1. The first-order valence-corrected chi connectivity index (χ1v) is 10.5. The standard InChI is InChI=1S/C19H20F3N3O3S/c1-13-6-4-10-23-17(13)24-18(26)14-7-5-11-25(12-14)15-8-2-3-9-16(15)29(27,28)19(20,21)22/h2-4,6,8-10,14H,5,7,11-12H2,1H3,(H,23,24,26). The molecule has 0 aliphatic carbocycles. The highest BCUT2D eigenvalue weighted by Crippen LogP contribution is 2.37. The minimum Gasteiger partial charge on any atom is -0.370 e. The molecule has 1 N–H and O–H groups in total. The lowest BCUT2D eigenvalue weighted by molar-refractivity contribution is -0.120. The highest BCUT2D eigenvalue weighted by atomic mass is 32.2. The number of nitrogens with one attached hydrogen (secondary N) is 1. The number of pyridine rings is 1. The van der Waals surface area contributed by atoms with Gasteiger partial charge >= 0.3 is 5.51 Å². The molecule has 1 aliphatic heterocycles. The van der Waals surface area contributed by atoms with E-state index in [1.807, 2.05) is 0 Å². The highest BCUT2D eigenvalue weighted by Gasteiger charge is 2.48. The summed E-state index contributed by atoms with van der Waals surface area (Å²) in [5.74, 6) is -0.380. The zero-order valence-electron chi connectivity index (χ0n) is 15.6. The van der Waals surface area contributed by atoms with E-state index in [2.05, 4.69) is 10.3 Å². The van der Waals surface area contributed by atoms with Crippen LogP contribution in [0.25, 0.3) is 0 Å². The molecule has 29 heavy (non-hydrogen) atoms. The number of carbonyl (C=O) groups excluding carboxylic acids is 1. The Morgan fingerprint density at radius 3 is 2.62 bits per heavy atom. The van der Waals surface area contributed by atoms with E-state index in [9.17, 15) is 26.4 Å². The molecule has 1 aromatic carbocycles. The Bertz CT molecular complexity index is 1010. The molecule has 2 heterocycles. The topological polar surface area (TPSA) is 79.4 Å². The molecule has 1 fully saturated rings. The zero-order chi connectivity index (χ0) is 21.2. The first kappa shape index (κ1) is 21.1. The Hall–Kier alpha value is -2.62. The summed E-state index contributed by atoms with van der Waals surface area (Å²) in [5.41, 5.74) is -4.65. The normalized spacial score (nSPS) is 17.8. The van der Waals surface area contributed by atoms with Crippen molar-refractivity contribution in [3.8, 4) is 0 Å². The molecular weight excluding hydrogens is 407 g/mol. The Balaban J connectivity index is 1.84. The summed E-state index contributed by atoms with van der Waals surface area (Å²) in [5, 5.41) is 2.75. The zero-order valence-corrected chi connectivity index (χ0v) is 16.4. The van der Waals surface area contributed by atoms with E-state index in [4.69, 9.17) is 0 Å². The number of alkyl halides is 3. The van der Waals surface area contributed by atoms with Crippen LogP contribution in [0.4, 0.5) is 24.7 Å². The predicted octanol–water partition coefficient (Wildman–Crippen LogP) is 3.54. The number of amides is 1. The van der Waals surface area contributed by atoms with E-state index in [0.717, 1.165) is 11.6 Å². The van der Waals surface area contributed by atoms with Gasteiger partial charge in [-0.05, 0) is 43.5 Å². The first-order valence-electron chi connectivity index (χ1n) is 8.99. The van der Waals surface area contributed by atoms with E-state index >= 15 is 0 Å². The van der Waals surface area contributed by atoms with Crippen LogP contribution < -0.4 is 10.2 Å². The molecule has 3 rings (SSSR count). The fraction of sp³-hybridized carbons (Fsp3) is 0.368. The fourth-order valence-corrected chi connectivity index (χ4v) is 4.30. The van der Waals surface area contributed by atoms with Crippen LogP contribution in [-0.4, -0.2) is 37.9 Å². The average molecular weight is 427 g/mol. The van der Waals surface area contributed by atoms with Gasteiger partial charge in [0.15, 0.2) is 0 Å². The van der Waals surface area contributed by atoms with E-state index in [-0.39, 0.29) is 18.1 Å². The number of rotatable bonds is 4. The van der Waals surface area contributed by atoms with Crippen molar-refractivity contribution in [2.75, 3.05) is 23.3 Å². The van der Waals surface area contributed by atoms with Crippen molar-refractivity contribution in [2.45, 2.75) is 30.2 Å². The first-order chi connectivity index (χ1) is 13.6. The average Bonchev–Trinajstić information content (AvgIpc) is 2.69. The molecule has 0 radical (unpaired) electrons. The summed E-state index contributed by atoms with van der Waals surface area (Å²) in [4.78, 5) is 17.5. The summed E-state index contributed by atoms with van der Waals surface area (Å²) < 4.78 is 63.2. The maximum atomic E-state index is 13.1. The van der Waals surface area contributed by atoms with Gasteiger partial charge in [0.25, 0.3) is 9.84 Å². The monoisotopic (exact) mass is 427 g/mol. The van der Waals surface area contributed by atoms with Gasteiger partial charge in [-0.15, -0.1) is 0 Å². The third-order valence-corrected chi connectivity index (χ3v) is 6.38. The van der Waals surface area contributed by atoms with Crippen molar-refractivity contribution in [3.05, 3.63) is 48.2 Å². The lowest BCUT2D eigenvalue weighted by Crippen LogP contribution is -2.41. The third-order valence-electron chi connectivity index (χ3n) is 4.84. The SMILES string of the molecule is Cc1cccnc1NC(=O)C1CCCN(c2ccccc2S(=O)(=O)C(F)(F)F)C1. The Morgan fingerprint density at radius 1 is 1.21 bits per heavy atom. The van der Waals surface area contributed by atoms with Crippen molar-refractivity contribution in [1.29, 1.82) is 0 Å². The molecule has 0 bridgehead atoms. The fourth-order valence-electron chi connectivity index (χ4n) is 3.32. The van der Waals surface area contributed by atoms with Gasteiger partial charge in [0.05, 0.1) is 16.5 Å². The van der Waals surface area contributed by atoms with Crippen molar-refractivity contribution in [3.63, 3.8) is 0 Å². The second kappa shape index (κ2) is 8.02. The molecule has 1 atom stereocenters. The summed E-state index contributed by atoms with van der Waals surface area (Å²) >= 11 is 0. The quantitative estimate of drug-likeness (QED) is 0.808. The molecule has 0 saturated carbocycles. The van der Waals surface area contributed by atoms with Crippen molar-refractivity contribution >= 4 is 27.2 Å². The van der Waals surface area contributed by atoms with Crippen LogP contribution in [0.3, 0.4) is 0 Å². The number of piperidine rings is 1. The van der Waals surface area contributed by atoms with Crippen molar-refractivity contribution in [2.24, 2.45) is 5.92 Å². The minimum absolute atomic E-state index is 0.0451. The lowest BCUT2D eigenvalue weighted by atomic mass is 9.96. The van der Waals surface area contributed by atoms with Crippen LogP contribution in [0.5, 0.6) is 0 Å². The summed E-state index contributed by atoms with van der Waals surface area (Å²) in [6.45, 7) is 2.27. The van der Waals surface area contributed by atoms with Crippen molar-refractivity contribution in [1.82, 2.24) is 4.98 Å². The Kier molecular flexibility index (Phi) is 5.83. The van der Waals surface area contributed by atoms with Gasteiger partial charge in [-0.25, -0.2) is 13.4 Å². The van der Waals surface area contributed by atoms with Crippen LogP contribution in [0.15, 0.2) is 47.5 Å². The van der Waals surface area contributed by atoms with Gasteiger partial charge in [0, 0.05) is 19.3 Å². The summed E-state index contributed by atoms with van der Waals surface area (Å²) in [7, 11) is -5.50. The molecule has 1 aromatic heterocycles. The number of para-hydroxylation sites is 1. The molecule has 0 spiro atoms. The van der Waals surface area contributed by atoms with Gasteiger partial charge < -0.3 is 10.2 Å². The molecular formula is C19H20F3N3O3S. The largest absolute Gasteiger partial charge is 0.501 e. The number of carbonyl (C=O) groups is 1. The van der Waals surface area contributed by atoms with Gasteiger partial charge in [-0.2, -0.15) is 13.2 Å². The summed E-state index contributed by atoms with van der Waals surface area (Å²) in [6.07, 6.45) is 2.64. The molecule has 1 aliphatic rings. The number of hydrogen-bond donors (Lipinski definition) is 1. The number of benzene rings is 1. The molecule has 1 amide bonds. The van der Waals surface area contributed by atoms with Crippen LogP contribution in [0, 0.1) is 12.8 Å². The number of aromatic nitrogens is 1. The number of sulfone groups is 1. The second-order valence-electron chi connectivity index (χ2n) is 6.86. The second-order valence-corrected chi connectivity index (χ2v) is 8.77. The van der Waals surface area contributed by atoms with Crippen LogP contribution in [0.1, 0.15) is 18.4 Å². The maximum Gasteiger partial charge on any atom is 0.501 e. The lowest BCUT2D eigenvalue weighted by Gasteiger charge is -2.34.